The molecule has 2 rings (SSSR count). The molecule has 1 aromatic rings. The van der Waals surface area contributed by atoms with Crippen molar-refractivity contribution in [3.63, 3.8) is 0 Å². The van der Waals surface area contributed by atoms with Gasteiger partial charge in [0.25, 0.3) is 0 Å². The minimum absolute atomic E-state index is 0.202. The molecule has 0 aromatic heterocycles. The van der Waals surface area contributed by atoms with Crippen molar-refractivity contribution in [3.8, 4) is 0 Å². The van der Waals surface area contributed by atoms with Gasteiger partial charge < -0.3 is 0 Å². The van der Waals surface area contributed by atoms with Gasteiger partial charge in [0.15, 0.2) is 9.84 Å². The van der Waals surface area contributed by atoms with Crippen molar-refractivity contribution in [2.75, 3.05) is 30.9 Å². The maximum absolute atomic E-state index is 13.9. The fraction of sp³-hybridized carbons (Fsp3) is 0.500. The summed E-state index contributed by atoms with van der Waals surface area (Å²) in [5, 5.41) is 0. The Balaban J connectivity index is 2.48. The molecule has 1 aromatic carbocycles. The summed E-state index contributed by atoms with van der Waals surface area (Å²) < 4.78 is 63.2. The molecule has 1 aliphatic heterocycles. The molecule has 0 spiro atoms. The maximum atomic E-state index is 13.9. The summed E-state index contributed by atoms with van der Waals surface area (Å²) in [5.74, 6) is 0.573. The van der Waals surface area contributed by atoms with E-state index in [-0.39, 0.29) is 4.90 Å². The fourth-order valence-corrected chi connectivity index (χ4v) is 5.31. The fourth-order valence-electron chi connectivity index (χ4n) is 2.01. The lowest BCUT2D eigenvalue weighted by molar-refractivity contribution is 0.430. The van der Waals surface area contributed by atoms with Gasteiger partial charge in [0.1, 0.15) is 10.7 Å². The molecule has 0 N–H and O–H groups in total. The van der Waals surface area contributed by atoms with Gasteiger partial charge in [-0.3, -0.25) is 0 Å². The first-order valence-corrected chi connectivity index (χ1v) is 10.8. The van der Waals surface area contributed by atoms with Crippen LogP contribution >= 0.6 is 11.8 Å². The average Bonchev–Trinajstić information content (AvgIpc) is 2.66. The molecule has 1 aliphatic rings. The zero-order chi connectivity index (χ0) is 15.7. The first kappa shape index (κ1) is 16.7. The normalized spacial score (nSPS) is 18.4. The van der Waals surface area contributed by atoms with Gasteiger partial charge in [0, 0.05) is 25.1 Å². The Labute approximate surface area is 128 Å². The van der Waals surface area contributed by atoms with Crippen molar-refractivity contribution in [2.24, 2.45) is 0 Å². The molecule has 1 heterocycles. The van der Waals surface area contributed by atoms with E-state index >= 15 is 0 Å². The number of hydrogen-bond acceptors (Lipinski definition) is 5. The van der Waals surface area contributed by atoms with Crippen LogP contribution in [0.1, 0.15) is 6.42 Å². The van der Waals surface area contributed by atoms with E-state index in [2.05, 4.69) is 0 Å². The Morgan fingerprint density at radius 1 is 1.14 bits per heavy atom. The first-order valence-electron chi connectivity index (χ1n) is 6.30. The quantitative estimate of drug-likeness (QED) is 0.767. The Bertz CT molecular complexity index is 723. The second-order valence-corrected chi connectivity index (χ2v) is 9.88. The minimum Gasteiger partial charge on any atom is -0.224 e. The van der Waals surface area contributed by atoms with E-state index in [0.29, 0.717) is 25.3 Å². The third kappa shape index (κ3) is 3.77. The van der Waals surface area contributed by atoms with Crippen molar-refractivity contribution in [1.29, 1.82) is 0 Å². The summed E-state index contributed by atoms with van der Waals surface area (Å²) >= 11 is 1.65. The average molecular weight is 353 g/mol. The molecule has 118 valence electrons. The number of sulfone groups is 1. The lowest BCUT2D eigenvalue weighted by Gasteiger charge is -2.20. The molecule has 0 unspecified atom stereocenters. The molecular formula is C12H16FNO4S3. The minimum atomic E-state index is -4.02. The predicted octanol–water partition coefficient (Wildman–Crippen LogP) is 1.36. The van der Waals surface area contributed by atoms with Gasteiger partial charge in [0.2, 0.25) is 10.0 Å². The molecular weight excluding hydrogens is 337 g/mol. The highest BCUT2D eigenvalue weighted by molar-refractivity contribution is 7.99. The Morgan fingerprint density at radius 2 is 1.86 bits per heavy atom. The Morgan fingerprint density at radius 3 is 2.52 bits per heavy atom. The summed E-state index contributed by atoms with van der Waals surface area (Å²) in [6.45, 7) is 0.618. The van der Waals surface area contributed by atoms with Crippen LogP contribution in [0.15, 0.2) is 28.0 Å². The standard InChI is InChI=1S/C12H16FNO4S3/c1-20(15,16)10-3-4-11(13)12(9-10)21(17,18)14-5-2-7-19-8-6-14/h3-4,9H,2,5-8H2,1H3. The molecule has 0 saturated carbocycles. The number of rotatable bonds is 3. The van der Waals surface area contributed by atoms with Crippen molar-refractivity contribution in [3.05, 3.63) is 24.0 Å². The Kier molecular flexibility index (Phi) is 4.96. The van der Waals surface area contributed by atoms with Crippen LogP contribution in [0.5, 0.6) is 0 Å². The van der Waals surface area contributed by atoms with Gasteiger partial charge in [-0.25, -0.2) is 21.2 Å². The lowest BCUT2D eigenvalue weighted by atomic mass is 10.3. The molecule has 0 amide bonds. The highest BCUT2D eigenvalue weighted by Crippen LogP contribution is 2.24. The van der Waals surface area contributed by atoms with Crippen molar-refractivity contribution < 1.29 is 21.2 Å². The molecule has 5 nitrogen and oxygen atoms in total. The van der Waals surface area contributed by atoms with Crippen LogP contribution in [-0.4, -0.2) is 52.0 Å². The number of nitrogens with zero attached hydrogens (tertiary/aromatic N) is 1. The van der Waals surface area contributed by atoms with Crippen molar-refractivity contribution in [2.45, 2.75) is 16.2 Å². The molecule has 0 aliphatic carbocycles. The van der Waals surface area contributed by atoms with E-state index < -0.39 is 30.6 Å². The van der Waals surface area contributed by atoms with E-state index in [0.717, 1.165) is 30.2 Å². The van der Waals surface area contributed by atoms with Crippen molar-refractivity contribution in [1.82, 2.24) is 4.31 Å². The first-order chi connectivity index (χ1) is 9.73. The van der Waals surface area contributed by atoms with Gasteiger partial charge in [-0.1, -0.05) is 0 Å². The van der Waals surface area contributed by atoms with Crippen LogP contribution in [0.3, 0.4) is 0 Å². The summed E-state index contributed by atoms with van der Waals surface area (Å²) in [4.78, 5) is -0.774. The van der Waals surface area contributed by atoms with Gasteiger partial charge in [0.05, 0.1) is 4.90 Å². The summed E-state index contributed by atoms with van der Waals surface area (Å²) in [6, 6.07) is 2.86. The van der Waals surface area contributed by atoms with Gasteiger partial charge in [-0.05, 0) is 30.4 Å². The number of hydrogen-bond donors (Lipinski definition) is 0. The number of sulfonamides is 1. The third-order valence-corrected chi connectivity index (χ3v) is 7.20. The van der Waals surface area contributed by atoms with Crippen LogP contribution in [0.25, 0.3) is 0 Å². The summed E-state index contributed by atoms with van der Waals surface area (Å²) in [7, 11) is -7.61. The second-order valence-electron chi connectivity index (χ2n) is 4.73. The van der Waals surface area contributed by atoms with Crippen LogP contribution in [0.4, 0.5) is 4.39 Å². The van der Waals surface area contributed by atoms with E-state index in [1.807, 2.05) is 0 Å². The van der Waals surface area contributed by atoms with Crippen LogP contribution < -0.4 is 0 Å². The molecule has 1 saturated heterocycles. The number of halogens is 1. The van der Waals surface area contributed by atoms with Crippen molar-refractivity contribution >= 4 is 31.6 Å². The van der Waals surface area contributed by atoms with E-state index in [9.17, 15) is 21.2 Å². The zero-order valence-corrected chi connectivity index (χ0v) is 13.9. The molecule has 9 heteroatoms. The van der Waals surface area contributed by atoms with Crippen LogP contribution in [-0.2, 0) is 19.9 Å². The lowest BCUT2D eigenvalue weighted by Crippen LogP contribution is -2.33. The third-order valence-electron chi connectivity index (χ3n) is 3.13. The molecule has 1 fully saturated rings. The second kappa shape index (κ2) is 6.23. The molecule has 0 radical (unpaired) electrons. The molecule has 0 bridgehead atoms. The zero-order valence-electron chi connectivity index (χ0n) is 11.5. The van der Waals surface area contributed by atoms with E-state index in [1.54, 1.807) is 11.8 Å². The summed E-state index contributed by atoms with van der Waals surface area (Å²) in [5.41, 5.74) is 0. The van der Waals surface area contributed by atoms with Crippen LogP contribution in [0.2, 0.25) is 0 Å². The molecule has 21 heavy (non-hydrogen) atoms. The number of benzene rings is 1. The van der Waals surface area contributed by atoms with Gasteiger partial charge in [-0.15, -0.1) is 0 Å². The molecule has 0 atom stereocenters. The van der Waals surface area contributed by atoms with Gasteiger partial charge >= 0.3 is 0 Å². The Hall–Kier alpha value is -0.640. The largest absolute Gasteiger partial charge is 0.246 e. The smallest absolute Gasteiger partial charge is 0.224 e. The highest BCUT2D eigenvalue weighted by atomic mass is 32.2. The van der Waals surface area contributed by atoms with E-state index in [1.165, 1.54) is 4.31 Å². The summed E-state index contributed by atoms with van der Waals surface area (Å²) in [6.07, 6.45) is 1.65. The van der Waals surface area contributed by atoms with E-state index in [4.69, 9.17) is 0 Å². The monoisotopic (exact) mass is 353 g/mol. The van der Waals surface area contributed by atoms with Crippen LogP contribution in [0, 0.1) is 5.82 Å². The predicted molar refractivity (Wildman–Crippen MR) is 80.2 cm³/mol. The number of thioether (sulfide) groups is 1. The topological polar surface area (TPSA) is 71.5 Å². The maximum Gasteiger partial charge on any atom is 0.246 e. The van der Waals surface area contributed by atoms with Gasteiger partial charge in [-0.2, -0.15) is 16.1 Å². The SMILES string of the molecule is CS(=O)(=O)c1ccc(F)c(S(=O)(=O)N2CCCSCC2)c1. The highest BCUT2D eigenvalue weighted by Gasteiger charge is 2.29.